The number of nitrogens with two attached hydrogens (primary N) is 1. The molecule has 6 N–H and O–H groups in total. The molecule has 1 aromatic rings. The van der Waals surface area contributed by atoms with Crippen LogP contribution in [0.1, 0.15) is 51.5 Å². The van der Waals surface area contributed by atoms with Gasteiger partial charge in [0, 0.05) is 19.5 Å². The monoisotopic (exact) mass is 574 g/mol. The molecule has 2 aliphatic heterocycles. The summed E-state index contributed by atoms with van der Waals surface area (Å²) in [7, 11) is 0. The number of amides is 3. The summed E-state index contributed by atoms with van der Waals surface area (Å²) in [6.45, 7) is 5.70. The third-order valence-electron chi connectivity index (χ3n) is 8.60. The van der Waals surface area contributed by atoms with Crippen molar-refractivity contribution in [2.24, 2.45) is 17.6 Å². The first kappa shape index (κ1) is 30.7. The Morgan fingerprint density at radius 3 is 2.39 bits per heavy atom. The van der Waals surface area contributed by atoms with Gasteiger partial charge in [0.15, 0.2) is 17.3 Å². The van der Waals surface area contributed by atoms with Gasteiger partial charge in [-0.3, -0.25) is 24.1 Å². The number of aromatic hydroxyl groups is 2. The number of rotatable bonds is 13. The lowest BCUT2D eigenvalue weighted by Gasteiger charge is -2.40. The Bertz CT molecular complexity index is 1140. The van der Waals surface area contributed by atoms with E-state index in [1.807, 2.05) is 4.90 Å². The maximum Gasteiger partial charge on any atom is 0.244 e. The normalized spacial score (nSPS) is 24.1. The maximum atomic E-state index is 14.0. The summed E-state index contributed by atoms with van der Waals surface area (Å²) in [4.78, 5) is 55.7. The van der Waals surface area contributed by atoms with Gasteiger partial charge in [0.1, 0.15) is 17.2 Å². The number of carbonyl (C=O) groups is 4. The molecule has 1 saturated carbocycles. The Balaban J connectivity index is 1.64. The molecule has 41 heavy (non-hydrogen) atoms. The highest BCUT2D eigenvalue weighted by molar-refractivity contribution is 6.01. The van der Waals surface area contributed by atoms with Gasteiger partial charge in [-0.05, 0) is 43.9 Å². The van der Waals surface area contributed by atoms with Gasteiger partial charge < -0.3 is 36.1 Å². The number of epoxide rings is 1. The molecule has 226 valence electrons. The highest BCUT2D eigenvalue weighted by Gasteiger charge is 2.58. The average molecular weight is 575 g/mol. The van der Waals surface area contributed by atoms with E-state index in [2.05, 4.69) is 10.6 Å². The first-order chi connectivity index (χ1) is 19.4. The zero-order valence-corrected chi connectivity index (χ0v) is 23.8. The Morgan fingerprint density at radius 1 is 1.15 bits per heavy atom. The predicted octanol–water partition coefficient (Wildman–Crippen LogP) is 0.372. The molecule has 4 rings (SSSR count). The molecule has 4 atom stereocenters. The Labute approximate surface area is 239 Å². The van der Waals surface area contributed by atoms with Crippen molar-refractivity contribution >= 4 is 23.5 Å². The van der Waals surface area contributed by atoms with Crippen LogP contribution in [-0.2, 0) is 35.1 Å². The summed E-state index contributed by atoms with van der Waals surface area (Å²) in [6.07, 6.45) is 3.90. The van der Waals surface area contributed by atoms with Crippen LogP contribution >= 0.6 is 0 Å². The second-order valence-electron chi connectivity index (χ2n) is 11.8. The summed E-state index contributed by atoms with van der Waals surface area (Å²) >= 11 is 0. The number of ketones is 1. The lowest BCUT2D eigenvalue weighted by Crippen LogP contribution is -2.68. The number of primary amides is 1. The van der Waals surface area contributed by atoms with E-state index in [9.17, 15) is 29.4 Å². The third kappa shape index (κ3) is 7.35. The first-order valence-electron chi connectivity index (χ1n) is 14.3. The van der Waals surface area contributed by atoms with Crippen molar-refractivity contribution in [1.29, 1.82) is 0 Å². The summed E-state index contributed by atoms with van der Waals surface area (Å²) in [5.41, 5.74) is 3.47. The standard InChI is InChI=1S/C29H42N4O8/c1-18(31-24(36)16-33-9-11-40-12-10-33)26(38)32-29(27(30)39,15-20-7-8-22(34)23(35)14-20)21(13-19-5-3-4-6-19)25(37)28(2)17-41-28/h7-8,14,18-19,21,34-35H,3-6,9-13,15-17H2,1-2H3,(H2,30,39)(H,31,36)(H,32,38)/t18-,21+,28+,29?/m0/s1. The third-order valence-corrected chi connectivity index (χ3v) is 8.60. The maximum absolute atomic E-state index is 14.0. The lowest BCUT2D eigenvalue weighted by atomic mass is 9.69. The number of nitrogens with one attached hydrogen (secondary N) is 2. The smallest absolute Gasteiger partial charge is 0.244 e. The Kier molecular flexibility index (Phi) is 9.55. The summed E-state index contributed by atoms with van der Waals surface area (Å²) in [5.74, 6) is -3.90. The molecule has 1 aliphatic carbocycles. The number of ether oxygens (including phenoxy) is 2. The minimum absolute atomic E-state index is 0.0905. The van der Waals surface area contributed by atoms with E-state index in [4.69, 9.17) is 15.2 Å². The molecule has 2 heterocycles. The van der Waals surface area contributed by atoms with Crippen LogP contribution in [0.3, 0.4) is 0 Å². The van der Waals surface area contributed by atoms with Gasteiger partial charge in [-0.15, -0.1) is 0 Å². The molecule has 0 aromatic heterocycles. The van der Waals surface area contributed by atoms with Gasteiger partial charge in [0.25, 0.3) is 0 Å². The number of nitrogens with zero attached hydrogens (tertiary/aromatic N) is 1. The van der Waals surface area contributed by atoms with E-state index in [-0.39, 0.29) is 42.9 Å². The fourth-order valence-electron chi connectivity index (χ4n) is 5.95. The van der Waals surface area contributed by atoms with Crippen molar-refractivity contribution in [1.82, 2.24) is 15.5 Å². The van der Waals surface area contributed by atoms with Gasteiger partial charge in [0.05, 0.1) is 32.3 Å². The molecule has 3 amide bonds. The molecular weight excluding hydrogens is 532 g/mol. The van der Waals surface area contributed by atoms with Crippen molar-refractivity contribution in [3.05, 3.63) is 23.8 Å². The molecule has 3 fully saturated rings. The molecule has 0 bridgehead atoms. The van der Waals surface area contributed by atoms with Crippen LogP contribution < -0.4 is 16.4 Å². The van der Waals surface area contributed by atoms with E-state index < -0.39 is 40.7 Å². The fraction of sp³-hybridized carbons (Fsp3) is 0.655. The van der Waals surface area contributed by atoms with E-state index in [1.165, 1.54) is 25.1 Å². The van der Waals surface area contributed by atoms with E-state index in [0.717, 1.165) is 25.7 Å². The molecule has 1 aromatic carbocycles. The fourth-order valence-corrected chi connectivity index (χ4v) is 5.95. The zero-order valence-electron chi connectivity index (χ0n) is 23.8. The second kappa shape index (κ2) is 12.7. The second-order valence-corrected chi connectivity index (χ2v) is 11.8. The Hall–Kier alpha value is -3.22. The quantitative estimate of drug-likeness (QED) is 0.164. The predicted molar refractivity (Wildman–Crippen MR) is 148 cm³/mol. The van der Waals surface area contributed by atoms with Crippen LogP contribution in [0.15, 0.2) is 18.2 Å². The van der Waals surface area contributed by atoms with Gasteiger partial charge in [0.2, 0.25) is 17.7 Å². The van der Waals surface area contributed by atoms with Crippen molar-refractivity contribution in [3.8, 4) is 11.5 Å². The number of Topliss-reactive ketones (excluding diaryl/α,β-unsaturated/α-hetero) is 1. The molecule has 2 saturated heterocycles. The summed E-state index contributed by atoms with van der Waals surface area (Å²) < 4.78 is 10.8. The number of phenolic OH excluding ortho intramolecular Hbond substituents is 2. The lowest BCUT2D eigenvalue weighted by molar-refractivity contribution is -0.142. The largest absolute Gasteiger partial charge is 0.504 e. The van der Waals surface area contributed by atoms with Crippen LogP contribution in [-0.4, -0.2) is 95.3 Å². The Morgan fingerprint density at radius 2 is 1.80 bits per heavy atom. The van der Waals surface area contributed by atoms with Crippen molar-refractivity contribution in [3.63, 3.8) is 0 Å². The van der Waals surface area contributed by atoms with Crippen molar-refractivity contribution < 1.29 is 38.9 Å². The average Bonchev–Trinajstić information content (AvgIpc) is 3.47. The topological polar surface area (TPSA) is 184 Å². The molecule has 0 spiro atoms. The minimum Gasteiger partial charge on any atom is -0.504 e. The number of hydrogen-bond donors (Lipinski definition) is 5. The molecule has 1 unspecified atom stereocenters. The number of hydrogen-bond acceptors (Lipinski definition) is 9. The molecule has 0 radical (unpaired) electrons. The van der Waals surface area contributed by atoms with Gasteiger partial charge in [-0.25, -0.2) is 0 Å². The number of phenols is 2. The highest BCUT2D eigenvalue weighted by Crippen LogP contribution is 2.42. The van der Waals surface area contributed by atoms with Crippen LogP contribution in [0.25, 0.3) is 0 Å². The number of carbonyl (C=O) groups excluding carboxylic acids is 4. The highest BCUT2D eigenvalue weighted by atomic mass is 16.6. The molecule has 3 aliphatic rings. The summed E-state index contributed by atoms with van der Waals surface area (Å²) in [6, 6.07) is 3.01. The van der Waals surface area contributed by atoms with Crippen LogP contribution in [0.5, 0.6) is 11.5 Å². The van der Waals surface area contributed by atoms with Crippen LogP contribution in [0, 0.1) is 11.8 Å². The minimum atomic E-state index is -1.89. The van der Waals surface area contributed by atoms with Crippen LogP contribution in [0.4, 0.5) is 0 Å². The zero-order chi connectivity index (χ0) is 29.8. The van der Waals surface area contributed by atoms with Gasteiger partial charge in [-0.1, -0.05) is 31.7 Å². The van der Waals surface area contributed by atoms with Crippen LogP contribution in [0.2, 0.25) is 0 Å². The number of morpholine rings is 1. The molecule has 12 heteroatoms. The van der Waals surface area contributed by atoms with E-state index in [1.54, 1.807) is 6.92 Å². The van der Waals surface area contributed by atoms with Gasteiger partial charge >= 0.3 is 0 Å². The summed E-state index contributed by atoms with van der Waals surface area (Å²) in [5, 5.41) is 25.5. The molecule has 12 nitrogen and oxygen atoms in total. The molecular formula is C29H42N4O8. The van der Waals surface area contributed by atoms with E-state index >= 15 is 0 Å². The van der Waals surface area contributed by atoms with Crippen molar-refractivity contribution in [2.75, 3.05) is 39.5 Å². The van der Waals surface area contributed by atoms with Gasteiger partial charge in [-0.2, -0.15) is 0 Å². The van der Waals surface area contributed by atoms with E-state index in [0.29, 0.717) is 38.3 Å². The number of benzene rings is 1. The first-order valence-corrected chi connectivity index (χ1v) is 14.3. The van der Waals surface area contributed by atoms with Crippen molar-refractivity contribution in [2.45, 2.75) is 69.6 Å². The SMILES string of the molecule is C[C@H](NC(=O)CN1CCOCC1)C(=O)NC(Cc1ccc(O)c(O)c1)(C(N)=O)[C@H](CC1CCCC1)C(=O)[C@@]1(C)CO1.